The van der Waals surface area contributed by atoms with Crippen LogP contribution < -0.4 is 10.6 Å². The molecule has 0 saturated heterocycles. The van der Waals surface area contributed by atoms with Crippen molar-refractivity contribution >= 4 is 22.7 Å². The molecule has 0 aliphatic rings. The summed E-state index contributed by atoms with van der Waals surface area (Å²) in [5, 5.41) is 1.13. The normalized spacial score (nSPS) is 11.7. The lowest BCUT2D eigenvalue weighted by Crippen LogP contribution is -2.37. The Balaban J connectivity index is 2.39. The van der Waals surface area contributed by atoms with Gasteiger partial charge in [0.1, 0.15) is 5.82 Å². The Bertz CT molecular complexity index is 659. The summed E-state index contributed by atoms with van der Waals surface area (Å²) in [4.78, 5) is 13.3. The first-order valence-electron chi connectivity index (χ1n) is 7.67. The smallest absolute Gasteiger partial charge is 0.191 e. The minimum Gasteiger partial charge on any atom is -0.370 e. The van der Waals surface area contributed by atoms with Crippen molar-refractivity contribution in [2.75, 3.05) is 32.1 Å². The van der Waals surface area contributed by atoms with Crippen molar-refractivity contribution in [3.63, 3.8) is 0 Å². The van der Waals surface area contributed by atoms with Crippen LogP contribution in [0.3, 0.4) is 0 Å². The summed E-state index contributed by atoms with van der Waals surface area (Å²) in [5.41, 5.74) is 8.21. The number of nitrogens with zero attached hydrogens (tertiary/aromatic N) is 4. The summed E-state index contributed by atoms with van der Waals surface area (Å²) in [6.45, 7) is 6.46. The third kappa shape index (κ3) is 3.47. The maximum Gasteiger partial charge on any atom is 0.191 e. The van der Waals surface area contributed by atoms with Crippen molar-refractivity contribution in [1.29, 1.82) is 0 Å². The number of aliphatic imine (C=N–C) groups is 1. The molecule has 1 heterocycles. The fraction of sp³-hybridized carbons (Fsp3) is 0.412. The Morgan fingerprint density at radius 2 is 1.86 bits per heavy atom. The fourth-order valence-corrected chi connectivity index (χ4v) is 2.41. The van der Waals surface area contributed by atoms with Gasteiger partial charge in [-0.2, -0.15) is 0 Å². The lowest BCUT2D eigenvalue weighted by atomic mass is 10.1. The predicted octanol–water partition coefficient (Wildman–Crippen LogP) is 2.46. The lowest BCUT2D eigenvalue weighted by Gasteiger charge is -2.19. The van der Waals surface area contributed by atoms with E-state index in [4.69, 9.17) is 5.73 Å². The third-order valence-corrected chi connectivity index (χ3v) is 3.75. The minimum atomic E-state index is 0.562. The maximum atomic E-state index is 6.08. The predicted molar refractivity (Wildman–Crippen MR) is 94.3 cm³/mol. The number of benzene rings is 1. The second-order valence-electron chi connectivity index (χ2n) is 5.40. The molecule has 5 nitrogen and oxygen atoms in total. The van der Waals surface area contributed by atoms with E-state index in [1.165, 1.54) is 0 Å². The van der Waals surface area contributed by atoms with Crippen molar-refractivity contribution in [2.45, 2.75) is 20.4 Å². The van der Waals surface area contributed by atoms with Crippen molar-refractivity contribution in [3.8, 4) is 0 Å². The number of para-hydroxylation sites is 1. The van der Waals surface area contributed by atoms with E-state index < -0.39 is 0 Å². The van der Waals surface area contributed by atoms with Crippen LogP contribution in [-0.4, -0.2) is 43.0 Å². The number of pyridine rings is 1. The fourth-order valence-electron chi connectivity index (χ4n) is 2.41. The first-order valence-corrected chi connectivity index (χ1v) is 7.67. The van der Waals surface area contributed by atoms with Gasteiger partial charge in [-0.3, -0.25) is 0 Å². The zero-order chi connectivity index (χ0) is 16.1. The molecule has 118 valence electrons. The van der Waals surface area contributed by atoms with E-state index in [2.05, 4.69) is 40.9 Å². The van der Waals surface area contributed by atoms with Gasteiger partial charge in [0, 0.05) is 32.6 Å². The molecule has 5 heteroatoms. The summed E-state index contributed by atoms with van der Waals surface area (Å²) in [7, 11) is 3.99. The van der Waals surface area contributed by atoms with Crippen molar-refractivity contribution in [3.05, 3.63) is 35.9 Å². The molecule has 0 atom stereocenters. The standard InChI is InChI=1S/C17H25N5/c1-5-22(6-2)17(18)19-12-13-11-16(21(3)4)20-15-10-8-7-9-14(13)15/h7-11H,5-6,12H2,1-4H3,(H2,18,19). The number of guanidine groups is 1. The molecule has 2 rings (SSSR count). The average Bonchev–Trinajstić information content (AvgIpc) is 2.53. The van der Waals surface area contributed by atoms with Crippen LogP contribution >= 0.6 is 0 Å². The Morgan fingerprint density at radius 1 is 1.18 bits per heavy atom. The number of rotatable bonds is 5. The first-order chi connectivity index (χ1) is 10.6. The van der Waals surface area contributed by atoms with Crippen LogP contribution in [0.2, 0.25) is 0 Å². The summed E-state index contributed by atoms with van der Waals surface area (Å²) in [6, 6.07) is 10.2. The Kier molecular flexibility index (Phi) is 5.20. The number of hydrogen-bond donors (Lipinski definition) is 1. The van der Waals surface area contributed by atoms with Gasteiger partial charge in [0.25, 0.3) is 0 Å². The Morgan fingerprint density at radius 3 is 2.50 bits per heavy atom. The summed E-state index contributed by atoms with van der Waals surface area (Å²) in [5.74, 6) is 1.53. The van der Waals surface area contributed by atoms with Gasteiger partial charge >= 0.3 is 0 Å². The van der Waals surface area contributed by atoms with Gasteiger partial charge in [0.2, 0.25) is 0 Å². The molecule has 0 aliphatic heterocycles. The van der Waals surface area contributed by atoms with E-state index in [-0.39, 0.29) is 0 Å². The summed E-state index contributed by atoms with van der Waals surface area (Å²) in [6.07, 6.45) is 0. The van der Waals surface area contributed by atoms with Crippen LogP contribution in [0.4, 0.5) is 5.82 Å². The van der Waals surface area contributed by atoms with Crippen LogP contribution in [0, 0.1) is 0 Å². The number of fused-ring (bicyclic) bond motifs is 1. The zero-order valence-corrected chi connectivity index (χ0v) is 13.9. The number of anilines is 1. The minimum absolute atomic E-state index is 0.562. The molecule has 2 N–H and O–H groups in total. The van der Waals surface area contributed by atoms with Crippen molar-refractivity contribution in [2.24, 2.45) is 10.7 Å². The van der Waals surface area contributed by atoms with E-state index in [9.17, 15) is 0 Å². The van der Waals surface area contributed by atoms with Crippen molar-refractivity contribution in [1.82, 2.24) is 9.88 Å². The quantitative estimate of drug-likeness (QED) is 0.680. The van der Waals surface area contributed by atoms with Gasteiger partial charge in [0.05, 0.1) is 12.1 Å². The van der Waals surface area contributed by atoms with E-state index in [1.54, 1.807) is 0 Å². The summed E-state index contributed by atoms with van der Waals surface area (Å²) >= 11 is 0. The highest BCUT2D eigenvalue weighted by atomic mass is 15.2. The third-order valence-electron chi connectivity index (χ3n) is 3.75. The number of nitrogens with two attached hydrogens (primary N) is 1. The molecule has 0 unspecified atom stereocenters. The topological polar surface area (TPSA) is 57.8 Å². The van der Waals surface area contributed by atoms with Gasteiger partial charge in [0.15, 0.2) is 5.96 Å². The van der Waals surface area contributed by atoms with Gasteiger partial charge in [-0.25, -0.2) is 9.98 Å². The van der Waals surface area contributed by atoms with Gasteiger partial charge in [-0.1, -0.05) is 18.2 Å². The van der Waals surface area contributed by atoms with E-state index in [1.807, 2.05) is 37.2 Å². The molecule has 0 saturated carbocycles. The molecule has 2 aromatic rings. The summed E-state index contributed by atoms with van der Waals surface area (Å²) < 4.78 is 0. The van der Waals surface area contributed by atoms with Crippen molar-refractivity contribution < 1.29 is 0 Å². The molecule has 0 spiro atoms. The Hall–Kier alpha value is -2.30. The Labute approximate surface area is 132 Å². The van der Waals surface area contributed by atoms with Crippen LogP contribution in [0.25, 0.3) is 10.9 Å². The molecule has 1 aromatic heterocycles. The molecule has 0 bridgehead atoms. The molecule has 0 radical (unpaired) electrons. The van der Waals surface area contributed by atoms with E-state index in [0.29, 0.717) is 12.5 Å². The zero-order valence-electron chi connectivity index (χ0n) is 13.9. The SMILES string of the molecule is CCN(CC)C(N)=NCc1cc(N(C)C)nc2ccccc12. The van der Waals surface area contributed by atoms with Crippen LogP contribution in [0.1, 0.15) is 19.4 Å². The van der Waals surface area contributed by atoms with Gasteiger partial charge in [-0.15, -0.1) is 0 Å². The maximum absolute atomic E-state index is 6.08. The average molecular weight is 299 g/mol. The lowest BCUT2D eigenvalue weighted by molar-refractivity contribution is 0.458. The van der Waals surface area contributed by atoms with Crippen LogP contribution in [0.5, 0.6) is 0 Å². The van der Waals surface area contributed by atoms with Gasteiger partial charge in [-0.05, 0) is 31.5 Å². The highest BCUT2D eigenvalue weighted by Crippen LogP contribution is 2.22. The second kappa shape index (κ2) is 7.11. The monoisotopic (exact) mass is 299 g/mol. The highest BCUT2D eigenvalue weighted by molar-refractivity contribution is 5.84. The largest absolute Gasteiger partial charge is 0.370 e. The molecular formula is C17H25N5. The molecule has 0 fully saturated rings. The first kappa shape index (κ1) is 16.1. The molecule has 0 aliphatic carbocycles. The van der Waals surface area contributed by atoms with Gasteiger partial charge < -0.3 is 15.5 Å². The molecule has 1 aromatic carbocycles. The molecular weight excluding hydrogens is 274 g/mol. The van der Waals surface area contributed by atoms with E-state index >= 15 is 0 Å². The van der Waals surface area contributed by atoms with E-state index in [0.717, 1.165) is 35.4 Å². The highest BCUT2D eigenvalue weighted by Gasteiger charge is 2.08. The number of aromatic nitrogens is 1. The molecule has 22 heavy (non-hydrogen) atoms. The van der Waals surface area contributed by atoms with Crippen LogP contribution in [0.15, 0.2) is 35.3 Å². The number of hydrogen-bond acceptors (Lipinski definition) is 3. The molecule has 0 amide bonds. The second-order valence-corrected chi connectivity index (χ2v) is 5.40. The van der Waals surface area contributed by atoms with Crippen LogP contribution in [-0.2, 0) is 6.54 Å².